The van der Waals surface area contributed by atoms with Crippen LogP contribution in [-0.4, -0.2) is 15.3 Å². The van der Waals surface area contributed by atoms with Crippen LogP contribution < -0.4 is 10.6 Å². The van der Waals surface area contributed by atoms with Crippen molar-refractivity contribution in [3.63, 3.8) is 0 Å². The van der Waals surface area contributed by atoms with Crippen LogP contribution in [0, 0.1) is 18.3 Å². The van der Waals surface area contributed by atoms with Crippen LogP contribution in [0.25, 0.3) is 11.4 Å². The van der Waals surface area contributed by atoms with Crippen molar-refractivity contribution in [2.45, 2.75) is 19.9 Å². The molecule has 0 saturated heterocycles. The van der Waals surface area contributed by atoms with Gasteiger partial charge in [-0.3, -0.25) is 0 Å². The van der Waals surface area contributed by atoms with Crippen LogP contribution in [0.3, 0.4) is 0 Å². The third-order valence-electron chi connectivity index (χ3n) is 3.64. The standard InChI is InChI=1S/C19H17N5OS/c1-13-3-2-4-15(11-13)18-23-17(25-24-18)12-21-19(26)22-16-7-5-14(6-8-16)9-10-20/h2-8,11H,9,12H2,1H3,(H2,21,22,26). The quantitative estimate of drug-likeness (QED) is 0.670. The highest BCUT2D eigenvalue weighted by Gasteiger charge is 2.09. The summed E-state index contributed by atoms with van der Waals surface area (Å²) in [6.07, 6.45) is 0.392. The van der Waals surface area contributed by atoms with Crippen molar-refractivity contribution in [1.82, 2.24) is 15.5 Å². The molecule has 0 aliphatic heterocycles. The molecule has 0 amide bonds. The number of nitrogens with zero attached hydrogens (tertiary/aromatic N) is 3. The van der Waals surface area contributed by atoms with Crippen molar-refractivity contribution in [1.29, 1.82) is 5.26 Å². The van der Waals surface area contributed by atoms with Gasteiger partial charge in [0.2, 0.25) is 11.7 Å². The van der Waals surface area contributed by atoms with E-state index in [1.54, 1.807) is 0 Å². The molecule has 3 rings (SSSR count). The first-order valence-corrected chi connectivity index (χ1v) is 8.45. The van der Waals surface area contributed by atoms with E-state index in [0.29, 0.717) is 29.8 Å². The van der Waals surface area contributed by atoms with E-state index in [4.69, 9.17) is 22.0 Å². The van der Waals surface area contributed by atoms with Crippen LogP contribution in [0.2, 0.25) is 0 Å². The molecule has 6 nitrogen and oxygen atoms in total. The zero-order valence-corrected chi connectivity index (χ0v) is 15.0. The molecule has 0 aliphatic rings. The van der Waals surface area contributed by atoms with Crippen molar-refractivity contribution in [3.8, 4) is 17.5 Å². The summed E-state index contributed by atoms with van der Waals surface area (Å²) in [5.41, 5.74) is 3.86. The maximum Gasteiger partial charge on any atom is 0.246 e. The van der Waals surface area contributed by atoms with Crippen molar-refractivity contribution in [3.05, 3.63) is 65.5 Å². The van der Waals surface area contributed by atoms with Crippen molar-refractivity contribution < 1.29 is 4.52 Å². The molecule has 0 unspecified atom stereocenters. The Morgan fingerprint density at radius 3 is 2.77 bits per heavy atom. The van der Waals surface area contributed by atoms with Gasteiger partial charge in [0.05, 0.1) is 19.0 Å². The van der Waals surface area contributed by atoms with Crippen LogP contribution in [0.5, 0.6) is 0 Å². The Hall–Kier alpha value is -3.24. The predicted molar refractivity (Wildman–Crippen MR) is 103 cm³/mol. The molecule has 0 aliphatic carbocycles. The van der Waals surface area contributed by atoms with Crippen molar-refractivity contribution >= 4 is 23.0 Å². The molecule has 2 N–H and O–H groups in total. The van der Waals surface area contributed by atoms with Crippen molar-refractivity contribution in [2.24, 2.45) is 0 Å². The molecule has 130 valence electrons. The van der Waals surface area contributed by atoms with Gasteiger partial charge in [-0.1, -0.05) is 41.1 Å². The second-order valence-corrected chi connectivity index (χ2v) is 6.13. The minimum Gasteiger partial charge on any atom is -0.353 e. The van der Waals surface area contributed by atoms with E-state index >= 15 is 0 Å². The van der Waals surface area contributed by atoms with E-state index in [0.717, 1.165) is 22.4 Å². The highest BCUT2D eigenvalue weighted by Crippen LogP contribution is 2.17. The summed E-state index contributed by atoms with van der Waals surface area (Å²) in [6.45, 7) is 2.35. The predicted octanol–water partition coefficient (Wildman–Crippen LogP) is 3.60. The minimum atomic E-state index is 0.331. The molecule has 7 heteroatoms. The van der Waals surface area contributed by atoms with Gasteiger partial charge >= 0.3 is 0 Å². The van der Waals surface area contributed by atoms with Gasteiger partial charge in [0.25, 0.3) is 0 Å². The molecule has 1 aromatic heterocycles. The van der Waals surface area contributed by atoms with Crippen LogP contribution in [0.1, 0.15) is 17.0 Å². The lowest BCUT2D eigenvalue weighted by Crippen LogP contribution is -2.28. The number of benzene rings is 2. The maximum absolute atomic E-state index is 8.68. The van der Waals surface area contributed by atoms with Crippen LogP contribution in [-0.2, 0) is 13.0 Å². The first-order chi connectivity index (χ1) is 12.6. The number of anilines is 1. The van der Waals surface area contributed by atoms with Crippen LogP contribution in [0.15, 0.2) is 53.1 Å². The molecule has 3 aromatic rings. The Morgan fingerprint density at radius 1 is 1.23 bits per heavy atom. The number of thiocarbonyl (C=S) groups is 1. The van der Waals surface area contributed by atoms with Crippen LogP contribution in [0.4, 0.5) is 5.69 Å². The van der Waals surface area contributed by atoms with E-state index in [-0.39, 0.29) is 0 Å². The lowest BCUT2D eigenvalue weighted by atomic mass is 10.1. The molecule has 0 bridgehead atoms. The fourth-order valence-electron chi connectivity index (χ4n) is 2.36. The summed E-state index contributed by atoms with van der Waals surface area (Å²) in [5, 5.41) is 19.2. The van der Waals surface area contributed by atoms with Crippen LogP contribution >= 0.6 is 12.2 Å². The lowest BCUT2D eigenvalue weighted by molar-refractivity contribution is 0.376. The van der Waals surface area contributed by atoms with E-state index in [1.165, 1.54) is 0 Å². The molecule has 0 radical (unpaired) electrons. The fourth-order valence-corrected chi connectivity index (χ4v) is 2.55. The lowest BCUT2D eigenvalue weighted by Gasteiger charge is -2.09. The molecular weight excluding hydrogens is 346 g/mol. The highest BCUT2D eigenvalue weighted by molar-refractivity contribution is 7.80. The molecule has 2 aromatic carbocycles. The maximum atomic E-state index is 8.68. The Morgan fingerprint density at radius 2 is 2.04 bits per heavy atom. The molecule has 0 fully saturated rings. The zero-order chi connectivity index (χ0) is 18.4. The molecule has 1 heterocycles. The van der Waals surface area contributed by atoms with Gasteiger partial charge in [-0.05, 0) is 42.9 Å². The Bertz CT molecular complexity index is 943. The SMILES string of the molecule is Cc1cccc(-c2noc(CNC(=S)Nc3ccc(CC#N)cc3)n2)c1. The third kappa shape index (κ3) is 4.65. The van der Waals surface area contributed by atoms with Gasteiger partial charge < -0.3 is 15.2 Å². The molecule has 0 spiro atoms. The van der Waals surface area contributed by atoms with E-state index < -0.39 is 0 Å². The summed E-state index contributed by atoms with van der Waals surface area (Å²) in [6, 6.07) is 17.6. The number of hydrogen-bond acceptors (Lipinski definition) is 5. The second kappa shape index (κ2) is 8.23. The number of aromatic nitrogens is 2. The summed E-state index contributed by atoms with van der Waals surface area (Å²) in [4.78, 5) is 4.37. The van der Waals surface area contributed by atoms with Crippen molar-refractivity contribution in [2.75, 3.05) is 5.32 Å². The third-order valence-corrected chi connectivity index (χ3v) is 3.89. The first kappa shape index (κ1) is 17.6. The number of rotatable bonds is 5. The smallest absolute Gasteiger partial charge is 0.246 e. The Balaban J connectivity index is 1.54. The monoisotopic (exact) mass is 363 g/mol. The zero-order valence-electron chi connectivity index (χ0n) is 14.2. The first-order valence-electron chi connectivity index (χ1n) is 8.04. The number of nitriles is 1. The largest absolute Gasteiger partial charge is 0.353 e. The van der Waals surface area contributed by atoms with E-state index in [1.807, 2.05) is 55.5 Å². The summed E-state index contributed by atoms with van der Waals surface area (Å²) < 4.78 is 5.26. The fraction of sp³-hybridized carbons (Fsp3) is 0.158. The van der Waals surface area contributed by atoms with Gasteiger partial charge in [-0.15, -0.1) is 0 Å². The minimum absolute atomic E-state index is 0.331. The second-order valence-electron chi connectivity index (χ2n) is 5.72. The molecule has 0 atom stereocenters. The van der Waals surface area contributed by atoms with Gasteiger partial charge in [-0.2, -0.15) is 10.2 Å². The average molecular weight is 363 g/mol. The van der Waals surface area contributed by atoms with E-state index in [9.17, 15) is 0 Å². The summed E-state index contributed by atoms with van der Waals surface area (Å²) >= 11 is 5.27. The molecule has 0 saturated carbocycles. The Labute approximate surface area is 156 Å². The molecule has 26 heavy (non-hydrogen) atoms. The van der Waals surface area contributed by atoms with Gasteiger partial charge in [0, 0.05) is 11.3 Å². The average Bonchev–Trinajstić information content (AvgIpc) is 3.11. The number of hydrogen-bond donors (Lipinski definition) is 2. The van der Waals surface area contributed by atoms with Gasteiger partial charge in [0.1, 0.15) is 0 Å². The summed E-state index contributed by atoms with van der Waals surface area (Å²) in [7, 11) is 0. The number of nitrogens with one attached hydrogen (secondary N) is 2. The van der Waals surface area contributed by atoms with Gasteiger partial charge in [0.15, 0.2) is 5.11 Å². The topological polar surface area (TPSA) is 86.8 Å². The summed E-state index contributed by atoms with van der Waals surface area (Å²) in [5.74, 6) is 1.01. The number of aryl methyl sites for hydroxylation is 1. The van der Waals surface area contributed by atoms with Gasteiger partial charge in [-0.25, -0.2) is 0 Å². The van der Waals surface area contributed by atoms with E-state index in [2.05, 4.69) is 26.8 Å². The molecular formula is C19H17N5OS. The highest BCUT2D eigenvalue weighted by atomic mass is 32.1. The Kier molecular flexibility index (Phi) is 5.56. The normalized spacial score (nSPS) is 10.2.